The number of nitrogens with zero attached hydrogens (tertiary/aromatic N) is 2. The van der Waals surface area contributed by atoms with Gasteiger partial charge in [0.05, 0.1) is 6.20 Å². The molecule has 0 atom stereocenters. The maximum Gasteiger partial charge on any atom is 0.123 e. The molecule has 1 aromatic heterocycles. The van der Waals surface area contributed by atoms with Crippen LogP contribution in [0.15, 0.2) is 36.7 Å². The van der Waals surface area contributed by atoms with E-state index in [-0.39, 0.29) is 5.82 Å². The second kappa shape index (κ2) is 3.01. The van der Waals surface area contributed by atoms with Crippen LogP contribution in [0.2, 0.25) is 0 Å². The molecule has 66 valence electrons. The molecule has 1 heterocycles. The zero-order valence-electron chi connectivity index (χ0n) is 7.24. The van der Waals surface area contributed by atoms with Crippen LogP contribution in [-0.4, -0.2) is 9.78 Å². The molecule has 2 aromatic rings. The minimum atomic E-state index is -0.215. The third-order valence-corrected chi connectivity index (χ3v) is 1.88. The molecule has 0 aliphatic carbocycles. The normalized spacial score (nSPS) is 10.3. The van der Waals surface area contributed by atoms with Gasteiger partial charge in [-0.3, -0.25) is 4.68 Å². The Morgan fingerprint density at radius 2 is 1.85 bits per heavy atom. The Bertz CT molecular complexity index is 403. The zero-order valence-corrected chi connectivity index (χ0v) is 7.24. The summed E-state index contributed by atoms with van der Waals surface area (Å²) in [5.41, 5.74) is 1.98. The maximum atomic E-state index is 12.6. The van der Waals surface area contributed by atoms with Crippen LogP contribution in [0.1, 0.15) is 0 Å². The van der Waals surface area contributed by atoms with Crippen LogP contribution in [-0.2, 0) is 7.05 Å². The molecule has 0 saturated heterocycles. The Kier molecular flexibility index (Phi) is 1.85. The van der Waals surface area contributed by atoms with Crippen molar-refractivity contribution in [3.63, 3.8) is 0 Å². The molecular weight excluding hydrogens is 167 g/mol. The fourth-order valence-corrected chi connectivity index (χ4v) is 1.21. The molecule has 0 fully saturated rings. The lowest BCUT2D eigenvalue weighted by molar-refractivity contribution is 0.628. The number of benzene rings is 1. The summed E-state index contributed by atoms with van der Waals surface area (Å²) >= 11 is 0. The summed E-state index contributed by atoms with van der Waals surface area (Å²) in [7, 11) is 1.85. The summed E-state index contributed by atoms with van der Waals surface area (Å²) in [5.74, 6) is -0.215. The lowest BCUT2D eigenvalue weighted by atomic mass is 10.1. The van der Waals surface area contributed by atoms with Crippen LogP contribution in [0.3, 0.4) is 0 Å². The molecule has 0 unspecified atom stereocenters. The molecule has 0 aliphatic heterocycles. The summed E-state index contributed by atoms with van der Waals surface area (Å²) in [4.78, 5) is 0. The molecule has 0 aliphatic rings. The minimum absolute atomic E-state index is 0.215. The number of hydrogen-bond donors (Lipinski definition) is 0. The quantitative estimate of drug-likeness (QED) is 0.651. The molecule has 1 aromatic carbocycles. The van der Waals surface area contributed by atoms with E-state index in [1.165, 1.54) is 12.1 Å². The highest BCUT2D eigenvalue weighted by atomic mass is 19.1. The van der Waals surface area contributed by atoms with E-state index in [9.17, 15) is 4.39 Å². The van der Waals surface area contributed by atoms with Gasteiger partial charge >= 0.3 is 0 Å². The topological polar surface area (TPSA) is 17.8 Å². The van der Waals surface area contributed by atoms with Gasteiger partial charge in [0, 0.05) is 18.8 Å². The van der Waals surface area contributed by atoms with Crippen molar-refractivity contribution in [1.82, 2.24) is 9.78 Å². The Hall–Kier alpha value is -1.64. The summed E-state index contributed by atoms with van der Waals surface area (Å²) in [6, 6.07) is 6.38. The van der Waals surface area contributed by atoms with E-state index in [4.69, 9.17) is 0 Å². The fraction of sp³-hybridized carbons (Fsp3) is 0.100. The number of aromatic nitrogens is 2. The first kappa shape index (κ1) is 7.98. The van der Waals surface area contributed by atoms with E-state index in [1.54, 1.807) is 23.0 Å². The van der Waals surface area contributed by atoms with Crippen LogP contribution in [0.25, 0.3) is 11.1 Å². The molecular formula is C10H9FN2. The Labute approximate surface area is 75.6 Å². The van der Waals surface area contributed by atoms with Gasteiger partial charge in [0.2, 0.25) is 0 Å². The maximum absolute atomic E-state index is 12.6. The highest BCUT2D eigenvalue weighted by molar-refractivity contribution is 5.61. The van der Waals surface area contributed by atoms with Crippen LogP contribution in [0.4, 0.5) is 4.39 Å². The van der Waals surface area contributed by atoms with Gasteiger partial charge in [-0.2, -0.15) is 5.10 Å². The number of aryl methyl sites for hydroxylation is 1. The molecule has 0 amide bonds. The van der Waals surface area contributed by atoms with Crippen LogP contribution in [0, 0.1) is 5.82 Å². The van der Waals surface area contributed by atoms with Gasteiger partial charge in [0.25, 0.3) is 0 Å². The largest absolute Gasteiger partial charge is 0.275 e. The zero-order chi connectivity index (χ0) is 9.26. The van der Waals surface area contributed by atoms with Gasteiger partial charge in [-0.1, -0.05) is 12.1 Å². The second-order valence-corrected chi connectivity index (χ2v) is 2.91. The summed E-state index contributed by atoms with van der Waals surface area (Å²) < 4.78 is 14.3. The summed E-state index contributed by atoms with van der Waals surface area (Å²) in [6.45, 7) is 0. The van der Waals surface area contributed by atoms with Crippen LogP contribution >= 0.6 is 0 Å². The first-order valence-electron chi connectivity index (χ1n) is 4.00. The number of hydrogen-bond acceptors (Lipinski definition) is 1. The molecule has 2 nitrogen and oxygen atoms in total. The van der Waals surface area contributed by atoms with Gasteiger partial charge in [0.15, 0.2) is 0 Å². The van der Waals surface area contributed by atoms with Gasteiger partial charge < -0.3 is 0 Å². The second-order valence-electron chi connectivity index (χ2n) is 2.91. The predicted octanol–water partition coefficient (Wildman–Crippen LogP) is 2.23. The van der Waals surface area contributed by atoms with Gasteiger partial charge in [0.1, 0.15) is 5.82 Å². The van der Waals surface area contributed by atoms with Crippen molar-refractivity contribution in [2.24, 2.45) is 7.05 Å². The SMILES string of the molecule is Cn1cc(-c2ccc(F)cc2)cn1. The van der Waals surface area contributed by atoms with Crippen molar-refractivity contribution in [1.29, 1.82) is 0 Å². The smallest absolute Gasteiger partial charge is 0.123 e. The van der Waals surface area contributed by atoms with Crippen molar-refractivity contribution >= 4 is 0 Å². The number of halogens is 1. The first-order chi connectivity index (χ1) is 6.25. The molecule has 0 N–H and O–H groups in total. The van der Waals surface area contributed by atoms with Crippen molar-refractivity contribution in [3.8, 4) is 11.1 Å². The minimum Gasteiger partial charge on any atom is -0.275 e. The van der Waals surface area contributed by atoms with E-state index in [0.29, 0.717) is 0 Å². The lowest BCUT2D eigenvalue weighted by Crippen LogP contribution is -1.84. The van der Waals surface area contributed by atoms with Gasteiger partial charge in [-0.05, 0) is 17.7 Å². The molecule has 0 bridgehead atoms. The van der Waals surface area contributed by atoms with Crippen molar-refractivity contribution in [2.75, 3.05) is 0 Å². The first-order valence-corrected chi connectivity index (χ1v) is 4.00. The van der Waals surface area contributed by atoms with Crippen molar-refractivity contribution in [3.05, 3.63) is 42.5 Å². The molecule has 13 heavy (non-hydrogen) atoms. The van der Waals surface area contributed by atoms with Crippen molar-refractivity contribution < 1.29 is 4.39 Å². The molecule has 0 saturated carbocycles. The third kappa shape index (κ3) is 1.59. The van der Waals surface area contributed by atoms with Crippen molar-refractivity contribution in [2.45, 2.75) is 0 Å². The fourth-order valence-electron chi connectivity index (χ4n) is 1.21. The molecule has 3 heteroatoms. The number of rotatable bonds is 1. The van der Waals surface area contributed by atoms with Crippen LogP contribution in [0.5, 0.6) is 0 Å². The molecule has 0 spiro atoms. The molecule has 0 radical (unpaired) electrons. The van der Waals surface area contributed by atoms with E-state index < -0.39 is 0 Å². The summed E-state index contributed by atoms with van der Waals surface area (Å²) in [5, 5.41) is 4.04. The third-order valence-electron chi connectivity index (χ3n) is 1.88. The highest BCUT2D eigenvalue weighted by Gasteiger charge is 1.99. The van der Waals surface area contributed by atoms with Gasteiger partial charge in [-0.25, -0.2) is 4.39 Å². The standard InChI is InChI=1S/C10H9FN2/c1-13-7-9(6-12-13)8-2-4-10(11)5-3-8/h2-7H,1H3. The predicted molar refractivity (Wildman–Crippen MR) is 48.6 cm³/mol. The van der Waals surface area contributed by atoms with Gasteiger partial charge in [-0.15, -0.1) is 0 Å². The Morgan fingerprint density at radius 3 is 2.38 bits per heavy atom. The monoisotopic (exact) mass is 176 g/mol. The Morgan fingerprint density at radius 1 is 1.15 bits per heavy atom. The average Bonchev–Trinajstić information content (AvgIpc) is 2.53. The van der Waals surface area contributed by atoms with Crippen LogP contribution < -0.4 is 0 Å². The van der Waals surface area contributed by atoms with E-state index in [2.05, 4.69) is 5.10 Å². The Balaban J connectivity index is 2.41. The summed E-state index contributed by atoms with van der Waals surface area (Å²) in [6.07, 6.45) is 3.65. The van der Waals surface area contributed by atoms with E-state index in [0.717, 1.165) is 11.1 Å². The highest BCUT2D eigenvalue weighted by Crippen LogP contribution is 2.17. The van der Waals surface area contributed by atoms with E-state index in [1.807, 2.05) is 13.2 Å². The molecule has 2 rings (SSSR count). The van der Waals surface area contributed by atoms with E-state index >= 15 is 0 Å². The lowest BCUT2D eigenvalue weighted by Gasteiger charge is -1.95. The average molecular weight is 176 g/mol.